The van der Waals surface area contributed by atoms with Crippen molar-refractivity contribution in [2.75, 3.05) is 12.3 Å². The molecule has 0 saturated heterocycles. The van der Waals surface area contributed by atoms with Gasteiger partial charge in [-0.1, -0.05) is 32.1 Å². The van der Waals surface area contributed by atoms with Gasteiger partial charge in [0.25, 0.3) is 10.0 Å². The number of nitrogens with zero attached hydrogens (tertiary/aromatic N) is 2. The minimum atomic E-state index is -3.55. The van der Waals surface area contributed by atoms with E-state index in [1.54, 1.807) is 0 Å². The highest BCUT2D eigenvalue weighted by molar-refractivity contribution is 7.91. The van der Waals surface area contributed by atoms with Crippen LogP contribution in [0.1, 0.15) is 27.2 Å². The van der Waals surface area contributed by atoms with Crippen molar-refractivity contribution >= 4 is 26.5 Å². The summed E-state index contributed by atoms with van der Waals surface area (Å²) in [6.07, 6.45) is 0.751. The first kappa shape index (κ1) is 13.3. The van der Waals surface area contributed by atoms with Crippen molar-refractivity contribution in [1.82, 2.24) is 14.9 Å². The van der Waals surface area contributed by atoms with Crippen LogP contribution >= 0.6 is 11.3 Å². The van der Waals surface area contributed by atoms with E-state index in [1.165, 1.54) is 0 Å². The van der Waals surface area contributed by atoms with E-state index in [1.807, 2.05) is 20.8 Å². The van der Waals surface area contributed by atoms with Crippen LogP contribution in [0.25, 0.3) is 0 Å². The molecule has 0 radical (unpaired) electrons. The molecule has 0 spiro atoms. The molecule has 1 rings (SSSR count). The molecule has 0 fully saturated rings. The molecule has 0 aliphatic rings. The summed E-state index contributed by atoms with van der Waals surface area (Å²) in [6.45, 7) is 6.52. The van der Waals surface area contributed by atoms with Crippen molar-refractivity contribution in [3.05, 3.63) is 0 Å². The lowest BCUT2D eigenvalue weighted by molar-refractivity contribution is 0.378. The van der Waals surface area contributed by atoms with E-state index in [4.69, 9.17) is 5.73 Å². The van der Waals surface area contributed by atoms with Gasteiger partial charge in [-0.05, 0) is 11.8 Å². The smallest absolute Gasteiger partial charge is 0.269 e. The van der Waals surface area contributed by atoms with E-state index in [0.717, 1.165) is 17.8 Å². The average Bonchev–Trinajstić information content (AvgIpc) is 2.49. The molecular weight excluding hydrogens is 248 g/mol. The average molecular weight is 264 g/mol. The zero-order valence-corrected chi connectivity index (χ0v) is 11.2. The van der Waals surface area contributed by atoms with Gasteiger partial charge in [-0.2, -0.15) is 0 Å². The van der Waals surface area contributed by atoms with Crippen molar-refractivity contribution in [3.63, 3.8) is 0 Å². The van der Waals surface area contributed by atoms with Crippen molar-refractivity contribution in [1.29, 1.82) is 0 Å². The van der Waals surface area contributed by atoms with Crippen LogP contribution in [-0.2, 0) is 10.0 Å². The number of nitrogens with one attached hydrogen (secondary N) is 1. The van der Waals surface area contributed by atoms with Crippen LogP contribution < -0.4 is 10.5 Å². The molecule has 0 unspecified atom stereocenters. The lowest BCUT2D eigenvalue weighted by Crippen LogP contribution is -2.27. The highest BCUT2D eigenvalue weighted by atomic mass is 32.2. The molecule has 0 saturated carbocycles. The minimum absolute atomic E-state index is 0.0843. The van der Waals surface area contributed by atoms with Gasteiger partial charge in [0.15, 0.2) is 0 Å². The van der Waals surface area contributed by atoms with Crippen LogP contribution in [0.15, 0.2) is 4.34 Å². The van der Waals surface area contributed by atoms with Crippen molar-refractivity contribution in [2.24, 2.45) is 5.41 Å². The normalized spacial score (nSPS) is 12.9. The Labute approximate surface area is 99.3 Å². The Bertz CT molecular complexity index is 447. The Kier molecular flexibility index (Phi) is 3.87. The SMILES string of the molecule is CC(C)(C)CCNS(=O)(=O)c1nnc(N)s1. The third-order valence-electron chi connectivity index (χ3n) is 1.82. The molecule has 6 nitrogen and oxygen atoms in total. The van der Waals surface area contributed by atoms with Crippen molar-refractivity contribution in [2.45, 2.75) is 31.5 Å². The largest absolute Gasteiger partial charge is 0.374 e. The van der Waals surface area contributed by atoms with E-state index in [-0.39, 0.29) is 14.9 Å². The van der Waals surface area contributed by atoms with Crippen LogP contribution in [0.3, 0.4) is 0 Å². The molecule has 0 bridgehead atoms. The fourth-order valence-corrected chi connectivity index (χ4v) is 2.81. The first-order valence-corrected chi connectivity index (χ1v) is 7.09. The molecule has 0 amide bonds. The van der Waals surface area contributed by atoms with Crippen LogP contribution in [0.4, 0.5) is 5.13 Å². The molecule has 0 atom stereocenters. The highest BCUT2D eigenvalue weighted by Crippen LogP contribution is 2.19. The molecule has 0 aromatic carbocycles. The molecule has 16 heavy (non-hydrogen) atoms. The Balaban J connectivity index is 2.60. The van der Waals surface area contributed by atoms with Crippen LogP contribution in [0, 0.1) is 5.41 Å². The fourth-order valence-electron chi connectivity index (χ4n) is 0.951. The molecule has 0 aliphatic heterocycles. The summed E-state index contributed by atoms with van der Waals surface area (Å²) in [6, 6.07) is 0. The van der Waals surface area contributed by atoms with Crippen molar-refractivity contribution < 1.29 is 8.42 Å². The topological polar surface area (TPSA) is 98.0 Å². The summed E-state index contributed by atoms with van der Waals surface area (Å²) < 4.78 is 25.7. The number of nitrogen functional groups attached to an aromatic ring is 1. The number of anilines is 1. The third-order valence-corrected chi connectivity index (χ3v) is 4.40. The number of hydrogen-bond donors (Lipinski definition) is 2. The van der Waals surface area contributed by atoms with Gasteiger partial charge in [-0.15, -0.1) is 10.2 Å². The van der Waals surface area contributed by atoms with Gasteiger partial charge < -0.3 is 5.73 Å². The fraction of sp³-hybridized carbons (Fsp3) is 0.750. The Morgan fingerprint density at radius 2 is 2.00 bits per heavy atom. The summed E-state index contributed by atoms with van der Waals surface area (Å²) >= 11 is 0.858. The van der Waals surface area contributed by atoms with Gasteiger partial charge in [0.1, 0.15) is 0 Å². The number of sulfonamides is 1. The van der Waals surface area contributed by atoms with E-state index < -0.39 is 10.0 Å². The maximum Gasteiger partial charge on any atom is 0.269 e. The second kappa shape index (κ2) is 4.64. The Morgan fingerprint density at radius 3 is 2.44 bits per heavy atom. The van der Waals surface area contributed by atoms with Gasteiger partial charge >= 0.3 is 0 Å². The van der Waals surface area contributed by atoms with Gasteiger partial charge in [0.05, 0.1) is 0 Å². The Hall–Kier alpha value is -0.730. The molecule has 1 aromatic rings. The van der Waals surface area contributed by atoms with E-state index >= 15 is 0 Å². The first-order valence-electron chi connectivity index (χ1n) is 4.79. The molecule has 3 N–H and O–H groups in total. The molecule has 92 valence electrons. The van der Waals surface area contributed by atoms with Gasteiger partial charge in [0, 0.05) is 6.54 Å². The molecular formula is C8H16N4O2S2. The quantitative estimate of drug-likeness (QED) is 0.839. The minimum Gasteiger partial charge on any atom is -0.374 e. The third kappa shape index (κ3) is 4.03. The Morgan fingerprint density at radius 1 is 1.38 bits per heavy atom. The standard InChI is InChI=1S/C8H16N4O2S2/c1-8(2,3)4-5-10-16(13,14)7-12-11-6(9)15-7/h10H,4-5H2,1-3H3,(H2,9,11). The van der Waals surface area contributed by atoms with Crippen LogP contribution in [0.5, 0.6) is 0 Å². The monoisotopic (exact) mass is 264 g/mol. The van der Waals surface area contributed by atoms with Gasteiger partial charge in [-0.3, -0.25) is 0 Å². The van der Waals surface area contributed by atoms with E-state index in [0.29, 0.717) is 6.54 Å². The first-order chi connectivity index (χ1) is 7.21. The summed E-state index contributed by atoms with van der Waals surface area (Å²) in [5, 5.41) is 7.11. The van der Waals surface area contributed by atoms with E-state index in [9.17, 15) is 8.42 Å². The summed E-state index contributed by atoms with van der Waals surface area (Å²) in [5.74, 6) is 0. The van der Waals surface area contributed by atoms with Crippen LogP contribution in [-0.4, -0.2) is 25.2 Å². The summed E-state index contributed by atoms with van der Waals surface area (Å²) in [4.78, 5) is 0. The highest BCUT2D eigenvalue weighted by Gasteiger charge is 2.20. The zero-order valence-electron chi connectivity index (χ0n) is 9.52. The number of nitrogens with two attached hydrogens (primary N) is 1. The van der Waals surface area contributed by atoms with Crippen LogP contribution in [0.2, 0.25) is 0 Å². The van der Waals surface area contributed by atoms with Crippen molar-refractivity contribution in [3.8, 4) is 0 Å². The second-order valence-electron chi connectivity index (χ2n) is 4.61. The molecule has 1 aromatic heterocycles. The number of aromatic nitrogens is 2. The predicted molar refractivity (Wildman–Crippen MR) is 63.6 cm³/mol. The van der Waals surface area contributed by atoms with Gasteiger partial charge in [-0.25, -0.2) is 13.1 Å². The molecule has 0 aliphatic carbocycles. The lowest BCUT2D eigenvalue weighted by atomic mass is 9.93. The zero-order chi connectivity index (χ0) is 12.4. The predicted octanol–water partition coefficient (Wildman–Crippen LogP) is 0.835. The second-order valence-corrected chi connectivity index (χ2v) is 7.56. The van der Waals surface area contributed by atoms with E-state index in [2.05, 4.69) is 14.9 Å². The number of rotatable bonds is 4. The molecule has 8 heteroatoms. The van der Waals surface area contributed by atoms with Gasteiger partial charge in [0.2, 0.25) is 9.47 Å². The maximum absolute atomic E-state index is 11.7. The lowest BCUT2D eigenvalue weighted by Gasteiger charge is -2.17. The number of hydrogen-bond acceptors (Lipinski definition) is 6. The maximum atomic E-state index is 11.7. The summed E-state index contributed by atoms with van der Waals surface area (Å²) in [7, 11) is -3.55. The molecule has 1 heterocycles. The summed E-state index contributed by atoms with van der Waals surface area (Å²) in [5.41, 5.74) is 5.41.